The van der Waals surface area contributed by atoms with Gasteiger partial charge in [-0.05, 0) is 63.7 Å². The molecule has 0 unspecified atom stereocenters. The van der Waals surface area contributed by atoms with E-state index in [1.807, 2.05) is 6.08 Å². The van der Waals surface area contributed by atoms with Gasteiger partial charge in [0.05, 0.1) is 6.26 Å². The van der Waals surface area contributed by atoms with Gasteiger partial charge in [0.2, 0.25) is 0 Å². The molecule has 0 saturated heterocycles. The summed E-state index contributed by atoms with van der Waals surface area (Å²) in [6, 6.07) is 15.2. The van der Waals surface area contributed by atoms with Gasteiger partial charge in [-0.15, -0.1) is 11.3 Å². The lowest BCUT2D eigenvalue weighted by atomic mass is 10.0. The van der Waals surface area contributed by atoms with Crippen LogP contribution in [0.5, 0.6) is 5.75 Å². The summed E-state index contributed by atoms with van der Waals surface area (Å²) in [5.74, 6) is 0.925. The first-order valence-corrected chi connectivity index (χ1v) is 8.15. The van der Waals surface area contributed by atoms with Gasteiger partial charge in [-0.2, -0.15) is 0 Å². The Hall–Kier alpha value is -2.58. The summed E-state index contributed by atoms with van der Waals surface area (Å²) in [6.07, 6.45) is 8.04. The van der Waals surface area contributed by atoms with Crippen LogP contribution in [-0.4, -0.2) is 0 Å². The van der Waals surface area contributed by atoms with E-state index in [1.165, 1.54) is 32.3 Å². The summed E-state index contributed by atoms with van der Waals surface area (Å²) in [5.41, 5.74) is 5.17. The van der Waals surface area contributed by atoms with Gasteiger partial charge in [-0.25, -0.2) is 0 Å². The standard InChI is InChI=1S/C20H12OS/c1-2-6-16-13(4-1)10-15-12-19-14(5-3-8-21-19)11-18(15)17-7-9-22-20(16)17/h1-12H. The average Bonchev–Trinajstić information content (AvgIpc) is 3.00. The lowest BCUT2D eigenvalue weighted by Crippen LogP contribution is -2.16. The van der Waals surface area contributed by atoms with Crippen molar-refractivity contribution in [2.45, 2.75) is 0 Å². The van der Waals surface area contributed by atoms with Crippen molar-refractivity contribution in [1.82, 2.24) is 0 Å². The van der Waals surface area contributed by atoms with Gasteiger partial charge in [-0.1, -0.05) is 24.3 Å². The number of ether oxygens (including phenoxy) is 1. The normalized spacial score (nSPS) is 13.5. The Balaban J connectivity index is 1.96. The molecule has 0 amide bonds. The van der Waals surface area contributed by atoms with E-state index in [0.717, 1.165) is 11.0 Å². The van der Waals surface area contributed by atoms with Crippen LogP contribution in [0.25, 0.3) is 33.7 Å². The molecule has 0 N–H and O–H groups in total. The van der Waals surface area contributed by atoms with E-state index in [9.17, 15) is 0 Å². The van der Waals surface area contributed by atoms with Gasteiger partial charge in [0.1, 0.15) is 5.75 Å². The highest BCUT2D eigenvalue weighted by Gasteiger charge is 2.17. The second kappa shape index (κ2) is 4.46. The van der Waals surface area contributed by atoms with Crippen molar-refractivity contribution >= 4 is 23.5 Å². The number of hydrogen-bond donors (Lipinski definition) is 0. The molecule has 0 bridgehead atoms. The van der Waals surface area contributed by atoms with Crippen LogP contribution in [0, 0.1) is 0 Å². The molecule has 1 aromatic heterocycles. The highest BCUT2D eigenvalue weighted by atomic mass is 32.1. The van der Waals surface area contributed by atoms with Crippen LogP contribution in [0.2, 0.25) is 0 Å². The summed E-state index contributed by atoms with van der Waals surface area (Å²) in [6.45, 7) is 0. The zero-order chi connectivity index (χ0) is 14.5. The van der Waals surface area contributed by atoms with Crippen LogP contribution < -0.4 is 15.2 Å². The fraction of sp³-hybridized carbons (Fsp3) is 0. The number of benzene rings is 2. The van der Waals surface area contributed by atoms with E-state index in [2.05, 4.69) is 60.0 Å². The van der Waals surface area contributed by atoms with Crippen LogP contribution in [-0.2, 0) is 0 Å². The van der Waals surface area contributed by atoms with E-state index in [1.54, 1.807) is 17.6 Å². The van der Waals surface area contributed by atoms with Gasteiger partial charge in [0, 0.05) is 15.7 Å². The molecule has 3 aromatic rings. The minimum atomic E-state index is 0.925. The quantitative estimate of drug-likeness (QED) is 0.478. The maximum Gasteiger partial charge on any atom is 0.134 e. The fourth-order valence-corrected chi connectivity index (χ4v) is 4.14. The maximum absolute atomic E-state index is 5.66. The van der Waals surface area contributed by atoms with Crippen molar-refractivity contribution in [3.05, 3.63) is 76.2 Å². The first kappa shape index (κ1) is 12.0. The molecule has 22 heavy (non-hydrogen) atoms. The highest BCUT2D eigenvalue weighted by molar-refractivity contribution is 7.14. The number of allylic oxidation sites excluding steroid dienone is 1. The van der Waals surface area contributed by atoms with Gasteiger partial charge in [0.25, 0.3) is 0 Å². The minimum absolute atomic E-state index is 0.925. The lowest BCUT2D eigenvalue weighted by molar-refractivity contribution is 0.474. The molecule has 1 nitrogen and oxygen atoms in total. The Kier molecular flexibility index (Phi) is 2.43. The zero-order valence-corrected chi connectivity index (χ0v) is 12.6. The SMILES string of the molecule is C1=COc2cc3c(cc2=C1)-c1ccsc1-c1ccccc1C=3. The monoisotopic (exact) mass is 300 g/mol. The number of fused-ring (bicyclic) bond motifs is 6. The lowest BCUT2D eigenvalue weighted by Gasteiger charge is -2.09. The molecule has 2 aliphatic rings. The molecule has 0 fully saturated rings. The van der Waals surface area contributed by atoms with E-state index < -0.39 is 0 Å². The van der Waals surface area contributed by atoms with E-state index >= 15 is 0 Å². The van der Waals surface area contributed by atoms with Crippen LogP contribution in [0.1, 0.15) is 5.56 Å². The topological polar surface area (TPSA) is 9.23 Å². The van der Waals surface area contributed by atoms with E-state index in [4.69, 9.17) is 4.74 Å². The first-order chi connectivity index (χ1) is 10.9. The van der Waals surface area contributed by atoms with Crippen molar-refractivity contribution in [3.8, 4) is 27.3 Å². The molecule has 0 spiro atoms. The molecule has 2 aromatic carbocycles. The van der Waals surface area contributed by atoms with Gasteiger partial charge >= 0.3 is 0 Å². The van der Waals surface area contributed by atoms with Crippen LogP contribution in [0.3, 0.4) is 0 Å². The molecule has 0 atom stereocenters. The van der Waals surface area contributed by atoms with Crippen molar-refractivity contribution in [2.75, 3.05) is 0 Å². The van der Waals surface area contributed by atoms with Crippen molar-refractivity contribution < 1.29 is 4.74 Å². The molecule has 5 rings (SSSR count). The largest absolute Gasteiger partial charge is 0.464 e. The average molecular weight is 300 g/mol. The van der Waals surface area contributed by atoms with E-state index in [0.29, 0.717) is 0 Å². The summed E-state index contributed by atoms with van der Waals surface area (Å²) >= 11 is 1.81. The molecular formula is C20H12OS. The Bertz CT molecular complexity index is 1050. The predicted octanol–water partition coefficient (Wildman–Crippen LogP) is 3.91. The molecule has 1 aliphatic carbocycles. The summed E-state index contributed by atoms with van der Waals surface area (Å²) < 4.78 is 5.66. The van der Waals surface area contributed by atoms with Crippen LogP contribution >= 0.6 is 11.3 Å². The first-order valence-electron chi connectivity index (χ1n) is 7.27. The van der Waals surface area contributed by atoms with E-state index in [-0.39, 0.29) is 0 Å². The second-order valence-corrected chi connectivity index (χ2v) is 6.40. The molecule has 0 radical (unpaired) electrons. The van der Waals surface area contributed by atoms with Gasteiger partial charge < -0.3 is 4.74 Å². The highest BCUT2D eigenvalue weighted by Crippen LogP contribution is 2.39. The second-order valence-electron chi connectivity index (χ2n) is 5.49. The summed E-state index contributed by atoms with van der Waals surface area (Å²) in [7, 11) is 0. The third-order valence-electron chi connectivity index (χ3n) is 4.20. The number of hydrogen-bond acceptors (Lipinski definition) is 2. The molecule has 104 valence electrons. The third-order valence-corrected chi connectivity index (χ3v) is 5.15. The van der Waals surface area contributed by atoms with Crippen LogP contribution in [0.4, 0.5) is 0 Å². The number of rotatable bonds is 0. The summed E-state index contributed by atoms with van der Waals surface area (Å²) in [4.78, 5) is 1.35. The maximum atomic E-state index is 5.66. The Labute approximate surface area is 132 Å². The molecular weight excluding hydrogens is 288 g/mol. The molecule has 2 heterocycles. The van der Waals surface area contributed by atoms with Crippen LogP contribution in [0.15, 0.2) is 60.2 Å². The Morgan fingerprint density at radius 1 is 0.864 bits per heavy atom. The van der Waals surface area contributed by atoms with Gasteiger partial charge in [0.15, 0.2) is 0 Å². The molecule has 2 heteroatoms. The minimum Gasteiger partial charge on any atom is -0.464 e. The van der Waals surface area contributed by atoms with Gasteiger partial charge in [-0.3, -0.25) is 0 Å². The smallest absolute Gasteiger partial charge is 0.134 e. The van der Waals surface area contributed by atoms with Crippen molar-refractivity contribution in [2.24, 2.45) is 0 Å². The molecule has 1 aliphatic heterocycles. The summed E-state index contributed by atoms with van der Waals surface area (Å²) in [5, 5.41) is 4.53. The number of thiophene rings is 1. The Morgan fingerprint density at radius 3 is 2.82 bits per heavy atom. The zero-order valence-electron chi connectivity index (χ0n) is 11.7. The van der Waals surface area contributed by atoms with Crippen molar-refractivity contribution in [1.29, 1.82) is 0 Å². The fourth-order valence-electron chi connectivity index (χ4n) is 3.18. The predicted molar refractivity (Wildman–Crippen MR) is 92.2 cm³/mol. The Morgan fingerprint density at radius 2 is 1.82 bits per heavy atom. The molecule has 0 saturated carbocycles. The van der Waals surface area contributed by atoms with Crippen molar-refractivity contribution in [3.63, 3.8) is 0 Å². The third kappa shape index (κ3) is 1.65.